The van der Waals surface area contributed by atoms with E-state index in [2.05, 4.69) is 4.98 Å². The van der Waals surface area contributed by atoms with Gasteiger partial charge in [0.25, 0.3) is 5.91 Å². The number of nitrogens with zero attached hydrogens (tertiary/aromatic N) is 2. The summed E-state index contributed by atoms with van der Waals surface area (Å²) in [6.45, 7) is 2.25. The first kappa shape index (κ1) is 12.7. The zero-order valence-electron chi connectivity index (χ0n) is 11.2. The summed E-state index contributed by atoms with van der Waals surface area (Å²) >= 11 is 0. The zero-order chi connectivity index (χ0) is 13.8. The Morgan fingerprint density at radius 2 is 1.80 bits per heavy atom. The molecule has 0 bridgehead atoms. The van der Waals surface area contributed by atoms with Crippen LogP contribution in [0.3, 0.4) is 0 Å². The minimum atomic E-state index is 0.108. The van der Waals surface area contributed by atoms with Crippen LogP contribution < -0.4 is 4.74 Å². The van der Waals surface area contributed by atoms with Gasteiger partial charge in [-0.3, -0.25) is 9.78 Å². The van der Waals surface area contributed by atoms with Crippen molar-refractivity contribution in [2.45, 2.75) is 13.0 Å². The van der Waals surface area contributed by atoms with Gasteiger partial charge >= 0.3 is 0 Å². The quantitative estimate of drug-likeness (QED) is 0.855. The van der Waals surface area contributed by atoms with Gasteiger partial charge in [-0.15, -0.1) is 0 Å². The monoisotopic (exact) mass is 268 g/mol. The predicted molar refractivity (Wildman–Crippen MR) is 75.5 cm³/mol. The Kier molecular flexibility index (Phi) is 3.63. The number of hydrogen-bond donors (Lipinski definition) is 0. The van der Waals surface area contributed by atoms with E-state index < -0.39 is 0 Å². The third-order valence-electron chi connectivity index (χ3n) is 3.40. The van der Waals surface area contributed by atoms with E-state index >= 15 is 0 Å². The molecule has 0 atom stereocenters. The molecule has 0 unspecified atom stereocenters. The highest BCUT2D eigenvalue weighted by Gasteiger charge is 2.21. The molecule has 1 aromatic carbocycles. The lowest BCUT2D eigenvalue weighted by atomic mass is 10.1. The Bertz CT molecular complexity index is 577. The summed E-state index contributed by atoms with van der Waals surface area (Å²) in [5.41, 5.74) is 1.79. The first-order valence-corrected chi connectivity index (χ1v) is 6.74. The van der Waals surface area contributed by atoms with E-state index in [0.717, 1.165) is 36.4 Å². The van der Waals surface area contributed by atoms with Crippen molar-refractivity contribution in [1.29, 1.82) is 0 Å². The molecule has 2 aromatic rings. The van der Waals surface area contributed by atoms with Crippen LogP contribution in [-0.2, 0) is 6.61 Å². The summed E-state index contributed by atoms with van der Waals surface area (Å²) in [5.74, 6) is 0.874. The number of pyridine rings is 1. The number of aromatic nitrogens is 1. The molecule has 4 heteroatoms. The molecule has 1 amide bonds. The van der Waals surface area contributed by atoms with E-state index in [1.807, 2.05) is 41.3 Å². The molecule has 102 valence electrons. The molecule has 20 heavy (non-hydrogen) atoms. The van der Waals surface area contributed by atoms with Crippen LogP contribution >= 0.6 is 0 Å². The molecule has 1 aliphatic heterocycles. The maximum atomic E-state index is 12.0. The van der Waals surface area contributed by atoms with Crippen molar-refractivity contribution in [2.24, 2.45) is 0 Å². The molecule has 0 radical (unpaired) electrons. The van der Waals surface area contributed by atoms with Crippen LogP contribution in [-0.4, -0.2) is 28.9 Å². The molecule has 3 rings (SSSR count). The smallest absolute Gasteiger partial charge is 0.253 e. The van der Waals surface area contributed by atoms with Gasteiger partial charge in [0.1, 0.15) is 12.4 Å². The summed E-state index contributed by atoms with van der Waals surface area (Å²) in [5, 5.41) is 0. The van der Waals surface area contributed by atoms with E-state index in [-0.39, 0.29) is 5.91 Å². The normalized spacial score (nSPS) is 13.7. The molecule has 1 aromatic heterocycles. The van der Waals surface area contributed by atoms with E-state index in [4.69, 9.17) is 4.74 Å². The highest BCUT2D eigenvalue weighted by molar-refractivity contribution is 5.94. The summed E-state index contributed by atoms with van der Waals surface area (Å²) in [4.78, 5) is 17.8. The highest BCUT2D eigenvalue weighted by Crippen LogP contribution is 2.17. The van der Waals surface area contributed by atoms with E-state index in [1.54, 1.807) is 12.4 Å². The Hall–Kier alpha value is -2.36. The number of benzene rings is 1. The van der Waals surface area contributed by atoms with Gasteiger partial charge in [-0.05, 0) is 48.4 Å². The fourth-order valence-electron chi connectivity index (χ4n) is 2.04. The molecule has 0 saturated carbocycles. The number of likely N-dealkylation sites (tertiary alicyclic amines) is 1. The zero-order valence-corrected chi connectivity index (χ0v) is 11.2. The summed E-state index contributed by atoms with van der Waals surface area (Å²) in [6.07, 6.45) is 4.60. The second-order valence-electron chi connectivity index (χ2n) is 4.81. The fraction of sp³-hybridized carbons (Fsp3) is 0.250. The summed E-state index contributed by atoms with van der Waals surface area (Å²) < 4.78 is 5.67. The second-order valence-corrected chi connectivity index (χ2v) is 4.81. The van der Waals surface area contributed by atoms with Crippen molar-refractivity contribution >= 4 is 5.91 Å². The SMILES string of the molecule is O=C(c1ccc(OCc2ccncc2)cc1)N1CCC1. The molecule has 1 saturated heterocycles. The Morgan fingerprint density at radius 1 is 1.10 bits per heavy atom. The number of carbonyl (C=O) groups is 1. The van der Waals surface area contributed by atoms with Crippen molar-refractivity contribution in [3.05, 3.63) is 59.9 Å². The van der Waals surface area contributed by atoms with Crippen LogP contribution in [0, 0.1) is 0 Å². The van der Waals surface area contributed by atoms with Gasteiger partial charge in [0.2, 0.25) is 0 Å². The average Bonchev–Trinajstić information content (AvgIpc) is 2.45. The first-order chi connectivity index (χ1) is 9.83. The van der Waals surface area contributed by atoms with Crippen LogP contribution in [0.4, 0.5) is 0 Å². The maximum absolute atomic E-state index is 12.0. The summed E-state index contributed by atoms with van der Waals surface area (Å²) in [7, 11) is 0. The van der Waals surface area contributed by atoms with Gasteiger partial charge in [0, 0.05) is 31.0 Å². The number of amides is 1. The van der Waals surface area contributed by atoms with E-state index in [0.29, 0.717) is 6.61 Å². The van der Waals surface area contributed by atoms with Gasteiger partial charge in [0.05, 0.1) is 0 Å². The van der Waals surface area contributed by atoms with E-state index in [9.17, 15) is 4.79 Å². The standard InChI is InChI=1S/C16H16N2O2/c19-16(18-10-1-11-18)14-2-4-15(5-3-14)20-12-13-6-8-17-9-7-13/h2-9H,1,10-12H2. The number of rotatable bonds is 4. The molecule has 4 nitrogen and oxygen atoms in total. The predicted octanol–water partition coefficient (Wildman–Crippen LogP) is 2.51. The molecule has 2 heterocycles. The molecular weight excluding hydrogens is 252 g/mol. The topological polar surface area (TPSA) is 42.4 Å². The Morgan fingerprint density at radius 3 is 2.40 bits per heavy atom. The minimum Gasteiger partial charge on any atom is -0.489 e. The van der Waals surface area contributed by atoms with Crippen molar-refractivity contribution in [3.63, 3.8) is 0 Å². The molecule has 0 N–H and O–H groups in total. The Labute approximate surface area is 118 Å². The van der Waals surface area contributed by atoms with Gasteiger partial charge in [-0.2, -0.15) is 0 Å². The Balaban J connectivity index is 1.60. The van der Waals surface area contributed by atoms with Crippen LogP contribution in [0.5, 0.6) is 5.75 Å². The lowest BCUT2D eigenvalue weighted by molar-refractivity contribution is 0.0652. The van der Waals surface area contributed by atoms with E-state index in [1.165, 1.54) is 0 Å². The third-order valence-corrected chi connectivity index (χ3v) is 3.40. The van der Waals surface area contributed by atoms with Crippen LogP contribution in [0.25, 0.3) is 0 Å². The molecular formula is C16H16N2O2. The maximum Gasteiger partial charge on any atom is 0.253 e. The largest absolute Gasteiger partial charge is 0.489 e. The minimum absolute atomic E-state index is 0.108. The number of carbonyl (C=O) groups excluding carboxylic acids is 1. The lowest BCUT2D eigenvalue weighted by Gasteiger charge is -2.30. The third kappa shape index (κ3) is 2.79. The second kappa shape index (κ2) is 5.74. The number of hydrogen-bond acceptors (Lipinski definition) is 3. The van der Waals surface area contributed by atoms with Crippen molar-refractivity contribution in [3.8, 4) is 5.75 Å². The molecule has 1 aliphatic rings. The molecule has 0 spiro atoms. The average molecular weight is 268 g/mol. The first-order valence-electron chi connectivity index (χ1n) is 6.74. The molecule has 0 aliphatic carbocycles. The number of ether oxygens (including phenoxy) is 1. The highest BCUT2D eigenvalue weighted by atomic mass is 16.5. The van der Waals surface area contributed by atoms with Crippen LogP contribution in [0.1, 0.15) is 22.3 Å². The van der Waals surface area contributed by atoms with Gasteiger partial charge in [-0.1, -0.05) is 0 Å². The summed E-state index contributed by atoms with van der Waals surface area (Å²) in [6, 6.07) is 11.2. The lowest BCUT2D eigenvalue weighted by Crippen LogP contribution is -2.41. The van der Waals surface area contributed by atoms with Crippen molar-refractivity contribution in [1.82, 2.24) is 9.88 Å². The van der Waals surface area contributed by atoms with Crippen LogP contribution in [0.2, 0.25) is 0 Å². The van der Waals surface area contributed by atoms with Crippen molar-refractivity contribution in [2.75, 3.05) is 13.1 Å². The van der Waals surface area contributed by atoms with Crippen molar-refractivity contribution < 1.29 is 9.53 Å². The van der Waals surface area contributed by atoms with Crippen LogP contribution in [0.15, 0.2) is 48.8 Å². The molecule has 1 fully saturated rings. The van der Waals surface area contributed by atoms with Gasteiger partial charge in [-0.25, -0.2) is 0 Å². The fourth-order valence-corrected chi connectivity index (χ4v) is 2.04. The van der Waals surface area contributed by atoms with Gasteiger partial charge < -0.3 is 9.64 Å². The van der Waals surface area contributed by atoms with Gasteiger partial charge in [0.15, 0.2) is 0 Å².